The first-order valence-electron chi connectivity index (χ1n) is 10.7. The highest BCUT2D eigenvalue weighted by atomic mass is 79.9. The van der Waals surface area contributed by atoms with Gasteiger partial charge in [-0.25, -0.2) is 0 Å². The molecule has 0 amide bonds. The number of rotatable bonds is 9. The van der Waals surface area contributed by atoms with E-state index in [0.717, 1.165) is 11.1 Å². The fraction of sp³-hybridized carbons (Fsp3) is 0.520. The molecule has 0 saturated carbocycles. The lowest BCUT2D eigenvalue weighted by Gasteiger charge is -2.29. The Kier molecular flexibility index (Phi) is 8.41. The molecule has 1 nitrogen and oxygen atoms in total. The van der Waals surface area contributed by atoms with Crippen molar-refractivity contribution in [1.82, 2.24) is 0 Å². The van der Waals surface area contributed by atoms with Gasteiger partial charge in [0, 0.05) is 10.4 Å². The number of benzene rings is 2. The Morgan fingerprint density at radius 2 is 1.44 bits per heavy atom. The summed E-state index contributed by atoms with van der Waals surface area (Å²) in [5.41, 5.74) is 3.97. The maximum atomic E-state index is 6.20. The molecular formula is C25H33BrO. The van der Waals surface area contributed by atoms with E-state index in [1.165, 1.54) is 74.5 Å². The Labute approximate surface area is 173 Å². The molecule has 1 aliphatic heterocycles. The van der Waals surface area contributed by atoms with Crippen LogP contribution in [-0.4, -0.2) is 12.7 Å². The molecule has 0 spiro atoms. The van der Waals surface area contributed by atoms with Gasteiger partial charge in [0.05, 0.1) is 12.7 Å². The van der Waals surface area contributed by atoms with Gasteiger partial charge < -0.3 is 4.74 Å². The molecule has 1 fully saturated rings. The Hall–Kier alpha value is -1.12. The second-order valence-electron chi connectivity index (χ2n) is 7.91. The SMILES string of the molecule is CCCCCCCCC1CCC(c2ccc(-c3ccc(Br)cc3)cc2)CO1. The second-order valence-corrected chi connectivity index (χ2v) is 8.83. The third-order valence-electron chi connectivity index (χ3n) is 5.81. The quantitative estimate of drug-likeness (QED) is 0.366. The topological polar surface area (TPSA) is 9.23 Å². The monoisotopic (exact) mass is 428 g/mol. The number of hydrogen-bond donors (Lipinski definition) is 0. The average molecular weight is 429 g/mol. The highest BCUT2D eigenvalue weighted by Crippen LogP contribution is 2.31. The van der Waals surface area contributed by atoms with Crippen LogP contribution in [0.5, 0.6) is 0 Å². The molecule has 27 heavy (non-hydrogen) atoms. The van der Waals surface area contributed by atoms with Crippen LogP contribution in [0.4, 0.5) is 0 Å². The predicted molar refractivity (Wildman–Crippen MR) is 119 cm³/mol. The summed E-state index contributed by atoms with van der Waals surface area (Å²) in [6.45, 7) is 3.17. The Morgan fingerprint density at radius 1 is 0.815 bits per heavy atom. The lowest BCUT2D eigenvalue weighted by molar-refractivity contribution is -0.00213. The van der Waals surface area contributed by atoms with E-state index in [9.17, 15) is 0 Å². The van der Waals surface area contributed by atoms with Crippen molar-refractivity contribution in [3.63, 3.8) is 0 Å². The molecule has 1 saturated heterocycles. The third-order valence-corrected chi connectivity index (χ3v) is 6.34. The second kappa shape index (κ2) is 11.0. The average Bonchev–Trinajstić information content (AvgIpc) is 2.72. The van der Waals surface area contributed by atoms with Gasteiger partial charge in [0.25, 0.3) is 0 Å². The van der Waals surface area contributed by atoms with Gasteiger partial charge in [0.15, 0.2) is 0 Å². The van der Waals surface area contributed by atoms with Crippen molar-refractivity contribution in [3.05, 3.63) is 58.6 Å². The van der Waals surface area contributed by atoms with Crippen LogP contribution in [0.2, 0.25) is 0 Å². The van der Waals surface area contributed by atoms with Crippen LogP contribution in [-0.2, 0) is 4.74 Å². The van der Waals surface area contributed by atoms with E-state index in [1.54, 1.807) is 0 Å². The van der Waals surface area contributed by atoms with Crippen LogP contribution in [0.1, 0.15) is 76.2 Å². The molecule has 0 aliphatic carbocycles. The van der Waals surface area contributed by atoms with Crippen LogP contribution < -0.4 is 0 Å². The Bertz CT molecular complexity index is 654. The summed E-state index contributed by atoms with van der Waals surface area (Å²) in [6.07, 6.45) is 12.5. The fourth-order valence-corrected chi connectivity index (χ4v) is 4.30. The zero-order valence-electron chi connectivity index (χ0n) is 16.6. The normalized spacial score (nSPS) is 19.9. The first kappa shape index (κ1) is 20.6. The molecule has 146 valence electrons. The van der Waals surface area contributed by atoms with Crippen LogP contribution >= 0.6 is 15.9 Å². The summed E-state index contributed by atoms with van der Waals surface area (Å²) >= 11 is 3.50. The number of halogens is 1. The first-order chi connectivity index (χ1) is 13.3. The minimum Gasteiger partial charge on any atom is -0.378 e. The van der Waals surface area contributed by atoms with Crippen molar-refractivity contribution in [3.8, 4) is 11.1 Å². The van der Waals surface area contributed by atoms with Gasteiger partial charge in [-0.2, -0.15) is 0 Å². The minimum absolute atomic E-state index is 0.495. The molecule has 0 aromatic heterocycles. The van der Waals surface area contributed by atoms with Crippen molar-refractivity contribution in [2.75, 3.05) is 6.61 Å². The van der Waals surface area contributed by atoms with E-state index < -0.39 is 0 Å². The van der Waals surface area contributed by atoms with Crippen LogP contribution in [0.15, 0.2) is 53.0 Å². The van der Waals surface area contributed by atoms with E-state index in [1.807, 2.05) is 0 Å². The lowest BCUT2D eigenvalue weighted by atomic mass is 9.89. The molecule has 2 aromatic carbocycles. The minimum atomic E-state index is 0.495. The Morgan fingerprint density at radius 3 is 2.07 bits per heavy atom. The number of unbranched alkanes of at least 4 members (excludes halogenated alkanes) is 5. The van der Waals surface area contributed by atoms with Crippen LogP contribution in [0, 0.1) is 0 Å². The Balaban J connectivity index is 1.42. The van der Waals surface area contributed by atoms with Gasteiger partial charge in [0.2, 0.25) is 0 Å². The van der Waals surface area contributed by atoms with Gasteiger partial charge in [0.1, 0.15) is 0 Å². The lowest BCUT2D eigenvalue weighted by Crippen LogP contribution is -2.24. The molecule has 2 aromatic rings. The maximum absolute atomic E-state index is 6.20. The van der Waals surface area contributed by atoms with Crippen molar-refractivity contribution in [1.29, 1.82) is 0 Å². The smallest absolute Gasteiger partial charge is 0.0575 e. The van der Waals surface area contributed by atoms with E-state index in [4.69, 9.17) is 4.74 Å². The molecular weight excluding hydrogens is 396 g/mol. The van der Waals surface area contributed by atoms with Crippen molar-refractivity contribution in [2.45, 2.75) is 76.7 Å². The molecule has 1 heterocycles. The summed E-state index contributed by atoms with van der Waals surface area (Å²) in [5.74, 6) is 0.560. The molecule has 1 aliphatic rings. The van der Waals surface area contributed by atoms with E-state index >= 15 is 0 Å². The summed E-state index contributed by atoms with van der Waals surface area (Å²) in [5, 5.41) is 0. The molecule has 0 bridgehead atoms. The van der Waals surface area contributed by atoms with Crippen LogP contribution in [0.25, 0.3) is 11.1 Å². The van der Waals surface area contributed by atoms with Crippen molar-refractivity contribution < 1.29 is 4.74 Å². The molecule has 2 atom stereocenters. The van der Waals surface area contributed by atoms with Gasteiger partial charge in [-0.15, -0.1) is 0 Å². The van der Waals surface area contributed by atoms with Crippen LogP contribution in [0.3, 0.4) is 0 Å². The van der Waals surface area contributed by atoms with E-state index in [2.05, 4.69) is 71.4 Å². The molecule has 0 radical (unpaired) electrons. The standard InChI is InChI=1S/C25H33BrO/c1-2-3-4-5-6-7-8-25-18-15-23(19-27-25)22-11-9-20(10-12-22)21-13-16-24(26)17-14-21/h9-14,16-17,23,25H,2-8,15,18-19H2,1H3. The highest BCUT2D eigenvalue weighted by Gasteiger charge is 2.22. The largest absolute Gasteiger partial charge is 0.378 e. The summed E-state index contributed by atoms with van der Waals surface area (Å²) in [7, 11) is 0. The first-order valence-corrected chi connectivity index (χ1v) is 11.5. The van der Waals surface area contributed by atoms with E-state index in [0.29, 0.717) is 12.0 Å². The third kappa shape index (κ3) is 6.47. The van der Waals surface area contributed by atoms with Gasteiger partial charge in [-0.05, 0) is 48.1 Å². The van der Waals surface area contributed by atoms with Gasteiger partial charge in [-0.1, -0.05) is 97.8 Å². The summed E-state index contributed by atoms with van der Waals surface area (Å²) < 4.78 is 7.32. The van der Waals surface area contributed by atoms with Gasteiger partial charge >= 0.3 is 0 Å². The number of hydrogen-bond acceptors (Lipinski definition) is 1. The zero-order valence-corrected chi connectivity index (χ0v) is 18.2. The van der Waals surface area contributed by atoms with Crippen molar-refractivity contribution in [2.24, 2.45) is 0 Å². The van der Waals surface area contributed by atoms with Crippen molar-refractivity contribution >= 4 is 15.9 Å². The molecule has 0 N–H and O–H groups in total. The highest BCUT2D eigenvalue weighted by molar-refractivity contribution is 9.10. The molecule has 2 heteroatoms. The maximum Gasteiger partial charge on any atom is 0.0575 e. The van der Waals surface area contributed by atoms with E-state index in [-0.39, 0.29) is 0 Å². The molecule has 3 rings (SSSR count). The number of ether oxygens (including phenoxy) is 1. The fourth-order valence-electron chi connectivity index (χ4n) is 4.04. The molecule has 2 unspecified atom stereocenters. The predicted octanol–water partition coefficient (Wildman–Crippen LogP) is 8.13. The zero-order chi connectivity index (χ0) is 18.9. The summed E-state index contributed by atoms with van der Waals surface area (Å²) in [4.78, 5) is 0. The summed E-state index contributed by atoms with van der Waals surface area (Å²) in [6, 6.07) is 17.6. The van der Waals surface area contributed by atoms with Gasteiger partial charge in [-0.3, -0.25) is 0 Å².